The number of carbonyl (C=O) groups excluding carboxylic acids is 1. The Hall–Kier alpha value is -2.96. The lowest BCUT2D eigenvalue weighted by Gasteiger charge is -2.38. The van der Waals surface area contributed by atoms with Gasteiger partial charge in [-0.3, -0.25) is 9.59 Å². The van der Waals surface area contributed by atoms with Gasteiger partial charge < -0.3 is 23.7 Å². The third-order valence-corrected chi connectivity index (χ3v) is 5.07. The van der Waals surface area contributed by atoms with Crippen LogP contribution in [0.2, 0.25) is 0 Å². The summed E-state index contributed by atoms with van der Waals surface area (Å²) in [6.07, 6.45) is 2.03. The van der Waals surface area contributed by atoms with Gasteiger partial charge in [0.25, 0.3) is 11.5 Å². The molecule has 0 N–H and O–H groups in total. The number of hydrogen-bond donors (Lipinski definition) is 0. The van der Waals surface area contributed by atoms with Crippen LogP contribution in [0.5, 0.6) is 17.2 Å². The van der Waals surface area contributed by atoms with E-state index >= 15 is 0 Å². The molecular weight excluding hydrogens is 360 g/mol. The SMILES string of the molecule is COc1ccccc1OCC(=O)N1CC(Oc2cc(C)n(C3CC3)c(=O)c2)C1. The first-order valence-corrected chi connectivity index (χ1v) is 9.48. The second kappa shape index (κ2) is 7.58. The average Bonchev–Trinajstić information content (AvgIpc) is 3.47. The topological polar surface area (TPSA) is 70.0 Å². The zero-order chi connectivity index (χ0) is 19.7. The molecule has 28 heavy (non-hydrogen) atoms. The van der Waals surface area contributed by atoms with Gasteiger partial charge in [0.05, 0.1) is 20.2 Å². The molecule has 4 rings (SSSR count). The molecule has 7 heteroatoms. The molecule has 0 atom stereocenters. The van der Waals surface area contributed by atoms with Gasteiger partial charge in [0.1, 0.15) is 11.9 Å². The number of aromatic nitrogens is 1. The maximum atomic E-state index is 12.3. The van der Waals surface area contributed by atoms with Crippen LogP contribution < -0.4 is 19.8 Å². The maximum absolute atomic E-state index is 12.3. The van der Waals surface area contributed by atoms with E-state index in [0.29, 0.717) is 36.4 Å². The van der Waals surface area contributed by atoms with Crippen molar-refractivity contribution in [3.05, 3.63) is 52.4 Å². The van der Waals surface area contributed by atoms with Crippen LogP contribution in [0.15, 0.2) is 41.2 Å². The fourth-order valence-corrected chi connectivity index (χ4v) is 3.43. The molecule has 1 aromatic heterocycles. The second-order valence-corrected chi connectivity index (χ2v) is 7.25. The van der Waals surface area contributed by atoms with Crippen LogP contribution in [0.1, 0.15) is 24.6 Å². The Labute approximate surface area is 163 Å². The van der Waals surface area contributed by atoms with Crippen LogP contribution in [-0.2, 0) is 4.79 Å². The van der Waals surface area contributed by atoms with Crippen LogP contribution in [0, 0.1) is 6.92 Å². The fourth-order valence-electron chi connectivity index (χ4n) is 3.43. The minimum Gasteiger partial charge on any atom is -0.493 e. The highest BCUT2D eigenvalue weighted by Gasteiger charge is 2.33. The quantitative estimate of drug-likeness (QED) is 0.732. The number of amides is 1. The molecule has 1 saturated heterocycles. The third kappa shape index (κ3) is 3.83. The summed E-state index contributed by atoms with van der Waals surface area (Å²) in [5.74, 6) is 1.60. The Morgan fingerprint density at radius 1 is 1.14 bits per heavy atom. The molecule has 0 spiro atoms. The Kier molecular flexibility index (Phi) is 4.98. The first-order valence-electron chi connectivity index (χ1n) is 9.48. The first-order chi connectivity index (χ1) is 13.5. The third-order valence-electron chi connectivity index (χ3n) is 5.07. The van der Waals surface area contributed by atoms with Crippen molar-refractivity contribution in [2.75, 3.05) is 26.8 Å². The molecule has 1 amide bonds. The molecule has 1 aliphatic heterocycles. The number of ether oxygens (including phenoxy) is 3. The molecule has 1 saturated carbocycles. The highest BCUT2D eigenvalue weighted by Crippen LogP contribution is 2.35. The van der Waals surface area contributed by atoms with E-state index in [-0.39, 0.29) is 24.2 Å². The van der Waals surface area contributed by atoms with Crippen molar-refractivity contribution in [3.63, 3.8) is 0 Å². The summed E-state index contributed by atoms with van der Waals surface area (Å²) in [6, 6.07) is 11.0. The number of para-hydroxylation sites is 2. The van der Waals surface area contributed by atoms with E-state index in [1.54, 1.807) is 30.2 Å². The lowest BCUT2D eigenvalue weighted by molar-refractivity contribution is -0.142. The minimum absolute atomic E-state index is 0.0186. The molecule has 2 heterocycles. The molecule has 0 radical (unpaired) electrons. The van der Waals surface area contributed by atoms with Crippen molar-refractivity contribution >= 4 is 5.91 Å². The van der Waals surface area contributed by atoms with E-state index in [2.05, 4.69) is 0 Å². The number of pyridine rings is 1. The van der Waals surface area contributed by atoms with Gasteiger partial charge in [-0.1, -0.05) is 12.1 Å². The fraction of sp³-hybridized carbons (Fsp3) is 0.429. The number of carbonyl (C=O) groups is 1. The first kappa shape index (κ1) is 18.4. The smallest absolute Gasteiger partial charge is 0.260 e. The zero-order valence-corrected chi connectivity index (χ0v) is 16.1. The van der Waals surface area contributed by atoms with Crippen LogP contribution in [0.25, 0.3) is 0 Å². The number of methoxy groups -OCH3 is 1. The molecular formula is C21H24N2O5. The van der Waals surface area contributed by atoms with Crippen molar-refractivity contribution in [2.45, 2.75) is 31.9 Å². The second-order valence-electron chi connectivity index (χ2n) is 7.25. The van der Waals surface area contributed by atoms with E-state index in [1.807, 2.05) is 29.7 Å². The van der Waals surface area contributed by atoms with Crippen LogP contribution >= 0.6 is 0 Å². The number of hydrogen-bond acceptors (Lipinski definition) is 5. The highest BCUT2D eigenvalue weighted by atomic mass is 16.5. The molecule has 1 aromatic carbocycles. The molecule has 0 unspecified atom stereocenters. The van der Waals surface area contributed by atoms with Gasteiger partial charge in [0.2, 0.25) is 0 Å². The lowest BCUT2D eigenvalue weighted by atomic mass is 10.1. The highest BCUT2D eigenvalue weighted by molar-refractivity contribution is 5.78. The Morgan fingerprint density at radius 2 is 1.86 bits per heavy atom. The van der Waals surface area contributed by atoms with Crippen LogP contribution in [0.3, 0.4) is 0 Å². The van der Waals surface area contributed by atoms with E-state index in [9.17, 15) is 9.59 Å². The summed E-state index contributed by atoms with van der Waals surface area (Å²) in [6.45, 7) is 2.85. The Bertz CT molecular complexity index is 929. The van der Waals surface area contributed by atoms with Crippen molar-refractivity contribution in [2.24, 2.45) is 0 Å². The van der Waals surface area contributed by atoms with Gasteiger partial charge in [0, 0.05) is 17.8 Å². The standard InChI is InChI=1S/C21H24N2O5/c1-14-9-16(10-20(24)23(14)15-7-8-15)28-17-11-22(12-17)21(25)13-27-19-6-4-3-5-18(19)26-2/h3-6,9-10,15,17H,7-8,11-13H2,1-2H3. The molecule has 0 bridgehead atoms. The minimum atomic E-state index is -0.106. The number of nitrogens with zero attached hydrogens (tertiary/aromatic N) is 2. The summed E-state index contributed by atoms with van der Waals surface area (Å²) >= 11 is 0. The van der Waals surface area contributed by atoms with Gasteiger partial charge >= 0.3 is 0 Å². The number of likely N-dealkylation sites (tertiary alicyclic amines) is 1. The van der Waals surface area contributed by atoms with Crippen molar-refractivity contribution in [1.82, 2.24) is 9.47 Å². The number of aryl methyl sites for hydroxylation is 1. The molecule has 2 fully saturated rings. The summed E-state index contributed by atoms with van der Waals surface area (Å²) in [5.41, 5.74) is 0.900. The summed E-state index contributed by atoms with van der Waals surface area (Å²) in [4.78, 5) is 26.2. The van der Waals surface area contributed by atoms with Crippen molar-refractivity contribution in [3.8, 4) is 17.2 Å². The van der Waals surface area contributed by atoms with Crippen molar-refractivity contribution in [1.29, 1.82) is 0 Å². The summed E-state index contributed by atoms with van der Waals surface area (Å²) < 4.78 is 18.5. The van der Waals surface area contributed by atoms with E-state index in [4.69, 9.17) is 14.2 Å². The van der Waals surface area contributed by atoms with Gasteiger partial charge in [-0.05, 0) is 38.0 Å². The summed E-state index contributed by atoms with van der Waals surface area (Å²) in [7, 11) is 1.56. The van der Waals surface area contributed by atoms with Gasteiger partial charge in [-0.15, -0.1) is 0 Å². The number of rotatable bonds is 7. The molecule has 2 aliphatic rings. The van der Waals surface area contributed by atoms with Gasteiger partial charge in [-0.25, -0.2) is 0 Å². The van der Waals surface area contributed by atoms with E-state index in [1.165, 1.54) is 0 Å². The van der Waals surface area contributed by atoms with E-state index < -0.39 is 0 Å². The van der Waals surface area contributed by atoms with Crippen LogP contribution in [-0.4, -0.2) is 48.3 Å². The van der Waals surface area contributed by atoms with E-state index in [0.717, 1.165) is 18.5 Å². The predicted molar refractivity (Wildman–Crippen MR) is 103 cm³/mol. The van der Waals surface area contributed by atoms with Gasteiger partial charge in [-0.2, -0.15) is 0 Å². The average molecular weight is 384 g/mol. The Balaban J connectivity index is 1.27. The lowest BCUT2D eigenvalue weighted by Crippen LogP contribution is -2.57. The molecule has 148 valence electrons. The molecule has 1 aliphatic carbocycles. The maximum Gasteiger partial charge on any atom is 0.260 e. The van der Waals surface area contributed by atoms with Gasteiger partial charge in [0.15, 0.2) is 18.1 Å². The van der Waals surface area contributed by atoms with Crippen LogP contribution in [0.4, 0.5) is 0 Å². The predicted octanol–water partition coefficient (Wildman–Crippen LogP) is 2.17. The number of benzene rings is 1. The summed E-state index contributed by atoms with van der Waals surface area (Å²) in [5, 5.41) is 0. The largest absolute Gasteiger partial charge is 0.493 e. The van der Waals surface area contributed by atoms with Crippen molar-refractivity contribution < 1.29 is 19.0 Å². The monoisotopic (exact) mass is 384 g/mol. The molecule has 7 nitrogen and oxygen atoms in total. The molecule has 2 aromatic rings. The normalized spacial score (nSPS) is 16.4. The zero-order valence-electron chi connectivity index (χ0n) is 16.1. The Morgan fingerprint density at radius 3 is 2.50 bits per heavy atom.